The molecule has 0 unspecified atom stereocenters. The highest BCUT2D eigenvalue weighted by molar-refractivity contribution is 9.10. The van der Waals surface area contributed by atoms with Gasteiger partial charge in [0.2, 0.25) is 0 Å². The predicted octanol–water partition coefficient (Wildman–Crippen LogP) is 2.97. The summed E-state index contributed by atoms with van der Waals surface area (Å²) in [5.74, 6) is 0. The molecule has 2 aromatic rings. The topological polar surface area (TPSA) is 73.0 Å². The quantitative estimate of drug-likeness (QED) is 0.696. The van der Waals surface area contributed by atoms with Crippen LogP contribution >= 0.6 is 15.9 Å². The first-order valence-electron chi connectivity index (χ1n) is 5.34. The number of benzene rings is 1. The summed E-state index contributed by atoms with van der Waals surface area (Å²) in [6.07, 6.45) is 3.38. The van der Waals surface area contributed by atoms with Gasteiger partial charge in [0.25, 0.3) is 5.69 Å². The van der Waals surface area contributed by atoms with E-state index < -0.39 is 4.92 Å². The largest absolute Gasteiger partial charge is 0.385 e. The second-order valence-electron chi connectivity index (χ2n) is 3.63. The molecule has 0 saturated heterocycles. The van der Waals surface area contributed by atoms with Gasteiger partial charge < -0.3 is 5.32 Å². The number of halogens is 1. The first kappa shape index (κ1) is 12.6. The van der Waals surface area contributed by atoms with Crippen molar-refractivity contribution in [1.82, 2.24) is 9.78 Å². The molecule has 0 fully saturated rings. The molecule has 1 aromatic heterocycles. The fraction of sp³-hybridized carbons (Fsp3) is 0.182. The molecule has 0 aliphatic carbocycles. The Morgan fingerprint density at radius 3 is 2.83 bits per heavy atom. The summed E-state index contributed by atoms with van der Waals surface area (Å²) in [7, 11) is 0. The zero-order valence-electron chi connectivity index (χ0n) is 9.63. The van der Waals surface area contributed by atoms with Crippen molar-refractivity contribution in [3.05, 3.63) is 45.2 Å². The molecule has 6 nitrogen and oxygen atoms in total. The molecule has 1 aromatic carbocycles. The maximum Gasteiger partial charge on any atom is 0.273 e. The Morgan fingerprint density at radius 2 is 2.28 bits per heavy atom. The van der Waals surface area contributed by atoms with Crippen molar-refractivity contribution in [2.75, 3.05) is 11.9 Å². The molecule has 7 heteroatoms. The molecular formula is C11H11BrN4O2. The summed E-state index contributed by atoms with van der Waals surface area (Å²) in [6, 6.07) is 4.81. The standard InChI is InChI=1S/C11H11BrN4O2/c1-2-13-9-3-10(5-11(4-9)16(17)18)15-7-8(12)6-14-15/h3-7,13H,2H2,1H3. The van der Waals surface area contributed by atoms with Crippen LogP contribution in [0.25, 0.3) is 5.69 Å². The second kappa shape index (κ2) is 5.18. The third-order valence-electron chi connectivity index (χ3n) is 2.31. The summed E-state index contributed by atoms with van der Waals surface area (Å²) in [6.45, 7) is 2.63. The van der Waals surface area contributed by atoms with E-state index in [4.69, 9.17) is 0 Å². The molecular weight excluding hydrogens is 300 g/mol. The average Bonchev–Trinajstić information content (AvgIpc) is 2.76. The zero-order chi connectivity index (χ0) is 13.1. The van der Waals surface area contributed by atoms with Crippen LogP contribution in [0.15, 0.2) is 35.1 Å². The highest BCUT2D eigenvalue weighted by atomic mass is 79.9. The molecule has 2 rings (SSSR count). The first-order chi connectivity index (χ1) is 8.60. The number of anilines is 1. The van der Waals surface area contributed by atoms with E-state index in [1.807, 2.05) is 13.0 Å². The number of aromatic nitrogens is 2. The number of nitro groups is 1. The van der Waals surface area contributed by atoms with Gasteiger partial charge in [-0.25, -0.2) is 4.68 Å². The van der Waals surface area contributed by atoms with E-state index >= 15 is 0 Å². The SMILES string of the molecule is CCNc1cc(-n2cc(Br)cn2)cc([N+](=O)[O-])c1. The summed E-state index contributed by atoms with van der Waals surface area (Å²) in [5.41, 5.74) is 1.38. The number of nitro benzene ring substituents is 1. The highest BCUT2D eigenvalue weighted by Crippen LogP contribution is 2.24. The lowest BCUT2D eigenvalue weighted by molar-refractivity contribution is -0.384. The molecule has 18 heavy (non-hydrogen) atoms. The van der Waals surface area contributed by atoms with E-state index in [2.05, 4.69) is 26.3 Å². The number of hydrogen-bond acceptors (Lipinski definition) is 4. The molecule has 0 atom stereocenters. The van der Waals surface area contributed by atoms with Crippen LogP contribution in [0.3, 0.4) is 0 Å². The Labute approximate surface area is 112 Å². The van der Waals surface area contributed by atoms with E-state index in [1.54, 1.807) is 17.1 Å². The van der Waals surface area contributed by atoms with Crippen LogP contribution in [0.5, 0.6) is 0 Å². The van der Waals surface area contributed by atoms with Crippen molar-refractivity contribution in [3.8, 4) is 5.69 Å². The van der Waals surface area contributed by atoms with Gasteiger partial charge in [0.15, 0.2) is 0 Å². The lowest BCUT2D eigenvalue weighted by Gasteiger charge is -2.07. The smallest absolute Gasteiger partial charge is 0.273 e. The van der Waals surface area contributed by atoms with E-state index in [0.29, 0.717) is 17.9 Å². The van der Waals surface area contributed by atoms with E-state index in [1.165, 1.54) is 12.1 Å². The average molecular weight is 311 g/mol. The van der Waals surface area contributed by atoms with Crippen molar-refractivity contribution >= 4 is 27.3 Å². The van der Waals surface area contributed by atoms with Gasteiger partial charge in [-0.05, 0) is 28.9 Å². The minimum Gasteiger partial charge on any atom is -0.385 e. The van der Waals surface area contributed by atoms with Gasteiger partial charge in [0, 0.05) is 30.6 Å². The Hall–Kier alpha value is -1.89. The highest BCUT2D eigenvalue weighted by Gasteiger charge is 2.11. The lowest BCUT2D eigenvalue weighted by Crippen LogP contribution is -2.01. The minimum absolute atomic E-state index is 0.0371. The van der Waals surface area contributed by atoms with Crippen LogP contribution in [0, 0.1) is 10.1 Å². The summed E-state index contributed by atoms with van der Waals surface area (Å²) in [4.78, 5) is 10.5. The van der Waals surface area contributed by atoms with Crippen molar-refractivity contribution in [3.63, 3.8) is 0 Å². The monoisotopic (exact) mass is 310 g/mol. The molecule has 0 spiro atoms. The van der Waals surface area contributed by atoms with Crippen molar-refractivity contribution in [1.29, 1.82) is 0 Å². The van der Waals surface area contributed by atoms with Gasteiger partial charge >= 0.3 is 0 Å². The molecule has 0 aliphatic heterocycles. The van der Waals surface area contributed by atoms with Gasteiger partial charge in [0.1, 0.15) is 0 Å². The maximum atomic E-state index is 10.9. The van der Waals surface area contributed by atoms with E-state index in [9.17, 15) is 10.1 Å². The number of nitrogens with one attached hydrogen (secondary N) is 1. The normalized spacial score (nSPS) is 10.3. The molecule has 94 valence electrons. The van der Waals surface area contributed by atoms with Gasteiger partial charge in [0.05, 0.1) is 21.3 Å². The predicted molar refractivity (Wildman–Crippen MR) is 72.1 cm³/mol. The van der Waals surface area contributed by atoms with Crippen molar-refractivity contribution in [2.45, 2.75) is 6.92 Å². The Balaban J connectivity index is 2.49. The first-order valence-corrected chi connectivity index (χ1v) is 6.13. The van der Waals surface area contributed by atoms with Crippen LogP contribution < -0.4 is 5.32 Å². The lowest BCUT2D eigenvalue weighted by atomic mass is 10.2. The van der Waals surface area contributed by atoms with Gasteiger partial charge in [-0.2, -0.15) is 5.10 Å². The van der Waals surface area contributed by atoms with Crippen LogP contribution in [-0.2, 0) is 0 Å². The summed E-state index contributed by atoms with van der Waals surface area (Å²) < 4.78 is 2.40. The molecule has 1 N–H and O–H groups in total. The Morgan fingerprint density at radius 1 is 1.50 bits per heavy atom. The maximum absolute atomic E-state index is 10.9. The van der Waals surface area contributed by atoms with Gasteiger partial charge in [-0.1, -0.05) is 0 Å². The van der Waals surface area contributed by atoms with Crippen molar-refractivity contribution < 1.29 is 4.92 Å². The molecule has 0 saturated carbocycles. The molecule has 0 bridgehead atoms. The van der Waals surface area contributed by atoms with Crippen LogP contribution in [0.2, 0.25) is 0 Å². The number of rotatable bonds is 4. The zero-order valence-corrected chi connectivity index (χ0v) is 11.2. The Bertz CT molecular complexity index is 582. The number of hydrogen-bond donors (Lipinski definition) is 1. The van der Waals surface area contributed by atoms with Gasteiger partial charge in [-0.15, -0.1) is 0 Å². The fourth-order valence-electron chi connectivity index (χ4n) is 1.58. The molecule has 0 radical (unpaired) electrons. The number of nitrogens with zero attached hydrogens (tertiary/aromatic N) is 3. The van der Waals surface area contributed by atoms with Crippen LogP contribution in [0.4, 0.5) is 11.4 Å². The van der Waals surface area contributed by atoms with E-state index in [-0.39, 0.29) is 5.69 Å². The summed E-state index contributed by atoms with van der Waals surface area (Å²) >= 11 is 3.29. The van der Waals surface area contributed by atoms with Crippen LogP contribution in [0.1, 0.15) is 6.92 Å². The second-order valence-corrected chi connectivity index (χ2v) is 4.54. The third-order valence-corrected chi connectivity index (χ3v) is 2.72. The molecule has 0 aliphatic rings. The van der Waals surface area contributed by atoms with Crippen molar-refractivity contribution in [2.24, 2.45) is 0 Å². The summed E-state index contributed by atoms with van der Waals surface area (Å²) in [5, 5.41) is 18.1. The van der Waals surface area contributed by atoms with E-state index in [0.717, 1.165) is 4.47 Å². The van der Waals surface area contributed by atoms with Gasteiger partial charge in [-0.3, -0.25) is 10.1 Å². The minimum atomic E-state index is -0.414. The molecule has 1 heterocycles. The number of non-ortho nitro benzene ring substituents is 1. The Kier molecular flexibility index (Phi) is 3.61. The molecule has 0 amide bonds. The fourth-order valence-corrected chi connectivity index (χ4v) is 1.87. The third kappa shape index (κ3) is 2.67. The van der Waals surface area contributed by atoms with Crippen LogP contribution in [-0.4, -0.2) is 21.2 Å².